The monoisotopic (exact) mass is 333 g/mol. The number of nitrogens with zero attached hydrogens (tertiary/aromatic N) is 1. The van der Waals surface area contributed by atoms with Crippen LogP contribution in [0.3, 0.4) is 0 Å². The third kappa shape index (κ3) is 2.29. The van der Waals surface area contributed by atoms with Gasteiger partial charge in [0.2, 0.25) is 5.91 Å². The van der Waals surface area contributed by atoms with E-state index in [9.17, 15) is 9.90 Å². The average molecular weight is 333 g/mol. The van der Waals surface area contributed by atoms with E-state index in [1.54, 1.807) is 6.07 Å². The SMILES string of the molecule is O=C(C1CC12CCc1ccccc12)N1CCc2ccc(O)cc2CC1. The number of benzene rings is 2. The summed E-state index contributed by atoms with van der Waals surface area (Å²) < 4.78 is 0. The molecule has 1 N–H and O–H groups in total. The van der Waals surface area contributed by atoms with E-state index in [0.29, 0.717) is 11.7 Å². The molecule has 2 aromatic carbocycles. The van der Waals surface area contributed by atoms with Crippen LogP contribution < -0.4 is 0 Å². The van der Waals surface area contributed by atoms with Crippen LogP contribution in [0, 0.1) is 5.92 Å². The molecule has 2 unspecified atom stereocenters. The van der Waals surface area contributed by atoms with Crippen molar-refractivity contribution in [3.63, 3.8) is 0 Å². The van der Waals surface area contributed by atoms with Gasteiger partial charge in [0, 0.05) is 24.4 Å². The minimum absolute atomic E-state index is 0.130. The molecule has 1 aliphatic heterocycles. The molecule has 1 heterocycles. The van der Waals surface area contributed by atoms with Gasteiger partial charge >= 0.3 is 0 Å². The molecule has 3 aliphatic rings. The Morgan fingerprint density at radius 2 is 1.80 bits per heavy atom. The van der Waals surface area contributed by atoms with E-state index >= 15 is 0 Å². The standard InChI is InChI=1S/C22H23NO2/c24-18-6-5-15-8-11-23(12-9-17(15)13-18)21(25)20-14-22(20)10-7-16-3-1-2-4-19(16)22/h1-6,13,20,24H,7-12,14H2. The van der Waals surface area contributed by atoms with Crippen LogP contribution in [0.5, 0.6) is 5.75 Å². The first-order valence-electron chi connectivity index (χ1n) is 9.35. The van der Waals surface area contributed by atoms with Gasteiger partial charge in [-0.3, -0.25) is 4.79 Å². The van der Waals surface area contributed by atoms with Gasteiger partial charge in [-0.25, -0.2) is 0 Å². The highest BCUT2D eigenvalue weighted by Crippen LogP contribution is 2.62. The van der Waals surface area contributed by atoms with Gasteiger partial charge in [0.25, 0.3) is 0 Å². The third-order valence-corrected chi connectivity index (χ3v) is 6.57. The Hall–Kier alpha value is -2.29. The van der Waals surface area contributed by atoms with Gasteiger partial charge in [0.1, 0.15) is 5.75 Å². The van der Waals surface area contributed by atoms with E-state index in [2.05, 4.69) is 29.2 Å². The zero-order valence-electron chi connectivity index (χ0n) is 14.4. The lowest BCUT2D eigenvalue weighted by molar-refractivity contribution is -0.133. The molecule has 5 rings (SSSR count). The van der Waals surface area contributed by atoms with Crippen molar-refractivity contribution in [3.8, 4) is 5.75 Å². The molecule has 0 bridgehead atoms. The molecule has 3 nitrogen and oxygen atoms in total. The van der Waals surface area contributed by atoms with Crippen molar-refractivity contribution >= 4 is 5.91 Å². The second-order valence-corrected chi connectivity index (χ2v) is 7.85. The van der Waals surface area contributed by atoms with Gasteiger partial charge in [0.15, 0.2) is 0 Å². The zero-order chi connectivity index (χ0) is 17.0. The summed E-state index contributed by atoms with van der Waals surface area (Å²) in [7, 11) is 0. The van der Waals surface area contributed by atoms with E-state index in [1.807, 2.05) is 12.1 Å². The lowest BCUT2D eigenvalue weighted by Gasteiger charge is -2.22. The van der Waals surface area contributed by atoms with E-state index in [4.69, 9.17) is 0 Å². The van der Waals surface area contributed by atoms with E-state index in [-0.39, 0.29) is 11.3 Å². The Morgan fingerprint density at radius 1 is 1.00 bits per heavy atom. The number of aryl methyl sites for hydroxylation is 1. The maximum absolute atomic E-state index is 13.2. The van der Waals surface area contributed by atoms with E-state index in [1.165, 1.54) is 22.3 Å². The first-order valence-corrected chi connectivity index (χ1v) is 9.35. The van der Waals surface area contributed by atoms with Crippen LogP contribution in [0.1, 0.15) is 35.1 Å². The summed E-state index contributed by atoms with van der Waals surface area (Å²) in [6.45, 7) is 1.56. The predicted octanol–water partition coefficient (Wildman–Crippen LogP) is 3.22. The minimum atomic E-state index is 0.130. The number of phenols is 1. The van der Waals surface area contributed by atoms with Crippen LogP contribution in [0.2, 0.25) is 0 Å². The van der Waals surface area contributed by atoms with Gasteiger partial charge in [-0.05, 0) is 66.5 Å². The summed E-state index contributed by atoms with van der Waals surface area (Å²) in [6.07, 6.45) is 4.99. The summed E-state index contributed by atoms with van der Waals surface area (Å²) >= 11 is 0. The van der Waals surface area contributed by atoms with Gasteiger partial charge in [-0.15, -0.1) is 0 Å². The summed E-state index contributed by atoms with van der Waals surface area (Å²) in [4.78, 5) is 15.2. The number of carbonyl (C=O) groups is 1. The largest absolute Gasteiger partial charge is 0.508 e. The summed E-state index contributed by atoms with van der Waals surface area (Å²) in [5.41, 5.74) is 5.45. The third-order valence-electron chi connectivity index (χ3n) is 6.57. The van der Waals surface area contributed by atoms with Crippen molar-refractivity contribution in [1.29, 1.82) is 0 Å². The molecule has 1 saturated carbocycles. The quantitative estimate of drug-likeness (QED) is 0.870. The zero-order valence-corrected chi connectivity index (χ0v) is 14.4. The molecule has 1 amide bonds. The van der Waals surface area contributed by atoms with Crippen LogP contribution in [-0.4, -0.2) is 29.0 Å². The number of hydrogen-bond acceptors (Lipinski definition) is 2. The molecule has 2 aromatic rings. The maximum atomic E-state index is 13.2. The highest BCUT2D eigenvalue weighted by molar-refractivity contribution is 5.85. The number of fused-ring (bicyclic) bond motifs is 3. The molecular formula is C22H23NO2. The van der Waals surface area contributed by atoms with Crippen molar-refractivity contribution in [3.05, 3.63) is 64.7 Å². The molecule has 3 heteroatoms. The van der Waals surface area contributed by atoms with Crippen LogP contribution in [-0.2, 0) is 29.5 Å². The number of phenolic OH excluding ortho intramolecular Hbond substituents is 1. The van der Waals surface area contributed by atoms with Crippen molar-refractivity contribution in [1.82, 2.24) is 4.90 Å². The molecule has 1 fully saturated rings. The van der Waals surface area contributed by atoms with E-state index in [0.717, 1.165) is 45.2 Å². The van der Waals surface area contributed by atoms with Crippen molar-refractivity contribution < 1.29 is 9.90 Å². The fraction of sp³-hybridized carbons (Fsp3) is 0.409. The number of hydrogen-bond donors (Lipinski definition) is 1. The molecule has 2 aliphatic carbocycles. The molecular weight excluding hydrogens is 310 g/mol. The lowest BCUT2D eigenvalue weighted by Crippen LogP contribution is -2.36. The Bertz CT molecular complexity index is 859. The van der Waals surface area contributed by atoms with Crippen molar-refractivity contribution in [2.75, 3.05) is 13.1 Å². The van der Waals surface area contributed by atoms with Gasteiger partial charge in [0.05, 0.1) is 0 Å². The minimum Gasteiger partial charge on any atom is -0.508 e. The van der Waals surface area contributed by atoms with Gasteiger partial charge in [-0.2, -0.15) is 0 Å². The first kappa shape index (κ1) is 15.0. The molecule has 128 valence electrons. The van der Waals surface area contributed by atoms with Crippen molar-refractivity contribution in [2.45, 2.75) is 37.5 Å². The average Bonchev–Trinajstić information content (AvgIpc) is 3.30. The lowest BCUT2D eigenvalue weighted by atomic mass is 9.95. The number of aromatic hydroxyl groups is 1. The Labute approximate surface area is 148 Å². The molecule has 2 atom stereocenters. The normalized spacial score (nSPS) is 26.9. The van der Waals surface area contributed by atoms with Gasteiger partial charge < -0.3 is 10.0 Å². The molecule has 1 spiro atoms. The van der Waals surface area contributed by atoms with Crippen LogP contribution in [0.4, 0.5) is 0 Å². The Balaban J connectivity index is 1.34. The summed E-state index contributed by atoms with van der Waals surface area (Å²) in [5.74, 6) is 0.835. The summed E-state index contributed by atoms with van der Waals surface area (Å²) in [5, 5.41) is 9.71. The van der Waals surface area contributed by atoms with Gasteiger partial charge in [-0.1, -0.05) is 30.3 Å². The number of rotatable bonds is 1. The predicted molar refractivity (Wildman–Crippen MR) is 96.6 cm³/mol. The second kappa shape index (κ2) is 5.35. The smallest absolute Gasteiger partial charge is 0.226 e. The summed E-state index contributed by atoms with van der Waals surface area (Å²) in [6, 6.07) is 14.3. The van der Waals surface area contributed by atoms with E-state index < -0.39 is 0 Å². The Morgan fingerprint density at radius 3 is 2.68 bits per heavy atom. The second-order valence-electron chi connectivity index (χ2n) is 7.85. The number of carbonyl (C=O) groups excluding carboxylic acids is 1. The topological polar surface area (TPSA) is 40.5 Å². The molecule has 0 saturated heterocycles. The maximum Gasteiger partial charge on any atom is 0.226 e. The fourth-order valence-corrected chi connectivity index (χ4v) is 5.07. The molecule has 25 heavy (non-hydrogen) atoms. The molecule has 0 radical (unpaired) electrons. The van der Waals surface area contributed by atoms with Crippen molar-refractivity contribution in [2.24, 2.45) is 5.92 Å². The highest BCUT2D eigenvalue weighted by Gasteiger charge is 2.61. The number of amides is 1. The van der Waals surface area contributed by atoms with Crippen LogP contribution >= 0.6 is 0 Å². The first-order chi connectivity index (χ1) is 12.2. The van der Waals surface area contributed by atoms with Crippen LogP contribution in [0.25, 0.3) is 0 Å². The highest BCUT2D eigenvalue weighted by atomic mass is 16.3. The molecule has 0 aromatic heterocycles. The van der Waals surface area contributed by atoms with Crippen LogP contribution in [0.15, 0.2) is 42.5 Å². The Kier molecular flexibility index (Phi) is 3.21. The fourth-order valence-electron chi connectivity index (χ4n) is 5.07.